The van der Waals surface area contributed by atoms with E-state index in [0.29, 0.717) is 16.5 Å². The van der Waals surface area contributed by atoms with Crippen LogP contribution in [0.5, 0.6) is 5.75 Å². The average Bonchev–Trinajstić information content (AvgIpc) is 2.72. The van der Waals surface area contributed by atoms with Crippen LogP contribution in [-0.2, 0) is 10.5 Å². The van der Waals surface area contributed by atoms with E-state index in [2.05, 4.69) is 15.5 Å². The van der Waals surface area contributed by atoms with Gasteiger partial charge in [0.05, 0.1) is 24.1 Å². The summed E-state index contributed by atoms with van der Waals surface area (Å²) in [4.78, 5) is 16.6. The van der Waals surface area contributed by atoms with Gasteiger partial charge in [-0.1, -0.05) is 41.9 Å². The van der Waals surface area contributed by atoms with Crippen LogP contribution < -0.4 is 10.2 Å². The molecule has 1 aromatic heterocycles. The van der Waals surface area contributed by atoms with Crippen molar-refractivity contribution in [1.29, 1.82) is 0 Å². The summed E-state index contributed by atoms with van der Waals surface area (Å²) in [6, 6.07) is 17.5. The number of carbonyl (C=O) groups is 1. The van der Waals surface area contributed by atoms with Crippen molar-refractivity contribution in [1.82, 2.24) is 10.4 Å². The van der Waals surface area contributed by atoms with Gasteiger partial charge >= 0.3 is 0 Å². The lowest BCUT2D eigenvalue weighted by atomic mass is 10.1. The van der Waals surface area contributed by atoms with Gasteiger partial charge in [-0.05, 0) is 30.7 Å². The van der Waals surface area contributed by atoms with Gasteiger partial charge in [0.25, 0.3) is 5.91 Å². The molecule has 0 saturated carbocycles. The number of aromatic nitrogens is 1. The van der Waals surface area contributed by atoms with Crippen LogP contribution in [0.1, 0.15) is 18.1 Å². The highest BCUT2D eigenvalue weighted by molar-refractivity contribution is 7.99. The number of ether oxygens (including phenoxy) is 1. The van der Waals surface area contributed by atoms with Gasteiger partial charge in [-0.2, -0.15) is 5.10 Å². The number of fused-ring (bicyclic) bond motifs is 1. The fourth-order valence-corrected chi connectivity index (χ4v) is 3.52. The molecule has 1 heterocycles. The van der Waals surface area contributed by atoms with Crippen LogP contribution in [0.4, 0.5) is 0 Å². The minimum Gasteiger partial charge on any atom is -0.497 e. The highest BCUT2D eigenvalue weighted by Gasteiger charge is 2.12. The zero-order chi connectivity index (χ0) is 19.9. The molecule has 0 fully saturated rings. The van der Waals surface area contributed by atoms with Crippen LogP contribution in [0.2, 0.25) is 5.15 Å². The SMILES string of the molecule is COc1ccc2cc(/C=N\NC(=O)[C@@H](C)SCc3ccccc3)c(Cl)nc2c1. The van der Waals surface area contributed by atoms with Crippen molar-refractivity contribution in [3.8, 4) is 5.75 Å². The molecule has 1 N–H and O–H groups in total. The van der Waals surface area contributed by atoms with E-state index >= 15 is 0 Å². The van der Waals surface area contributed by atoms with Crippen LogP contribution in [0, 0.1) is 0 Å². The minimum absolute atomic E-state index is 0.160. The maximum absolute atomic E-state index is 12.2. The molecule has 0 bridgehead atoms. The number of rotatable bonds is 7. The summed E-state index contributed by atoms with van der Waals surface area (Å²) in [7, 11) is 1.60. The van der Waals surface area contributed by atoms with Gasteiger partial charge in [0, 0.05) is 22.8 Å². The molecule has 0 aliphatic carbocycles. The van der Waals surface area contributed by atoms with E-state index < -0.39 is 0 Å². The smallest absolute Gasteiger partial charge is 0.252 e. The fraction of sp³-hybridized carbons (Fsp3) is 0.190. The van der Waals surface area contributed by atoms with Crippen molar-refractivity contribution in [2.45, 2.75) is 17.9 Å². The first-order valence-electron chi connectivity index (χ1n) is 8.69. The Bertz CT molecular complexity index is 996. The number of hydrazone groups is 1. The second kappa shape index (κ2) is 9.57. The van der Waals surface area contributed by atoms with Crippen molar-refractivity contribution < 1.29 is 9.53 Å². The van der Waals surface area contributed by atoms with Gasteiger partial charge in [-0.15, -0.1) is 11.8 Å². The number of carbonyl (C=O) groups excluding carboxylic acids is 1. The molecule has 3 aromatic rings. The Hall–Kier alpha value is -2.57. The first-order valence-corrected chi connectivity index (χ1v) is 10.1. The van der Waals surface area contributed by atoms with Crippen molar-refractivity contribution in [3.05, 3.63) is 70.9 Å². The Balaban J connectivity index is 1.60. The average molecular weight is 414 g/mol. The van der Waals surface area contributed by atoms with Crippen LogP contribution in [-0.4, -0.2) is 29.5 Å². The summed E-state index contributed by atoms with van der Waals surface area (Å²) in [5, 5.41) is 5.02. The predicted molar refractivity (Wildman–Crippen MR) is 116 cm³/mol. The van der Waals surface area contributed by atoms with E-state index in [1.165, 1.54) is 11.8 Å². The fourth-order valence-electron chi connectivity index (χ4n) is 2.48. The molecule has 7 heteroatoms. The topological polar surface area (TPSA) is 63.6 Å². The molecule has 0 saturated heterocycles. The predicted octanol–water partition coefficient (Wildman–Crippen LogP) is 4.67. The van der Waals surface area contributed by atoms with Crippen molar-refractivity contribution >= 4 is 46.4 Å². The summed E-state index contributed by atoms with van der Waals surface area (Å²) in [5.41, 5.74) is 5.11. The van der Waals surface area contributed by atoms with Crippen molar-refractivity contribution in [3.63, 3.8) is 0 Å². The van der Waals surface area contributed by atoms with Gasteiger partial charge < -0.3 is 4.74 Å². The monoisotopic (exact) mass is 413 g/mol. The summed E-state index contributed by atoms with van der Waals surface area (Å²) in [5.74, 6) is 1.32. The molecule has 144 valence electrons. The second-order valence-electron chi connectivity index (χ2n) is 6.10. The molecule has 0 unspecified atom stereocenters. The second-order valence-corrected chi connectivity index (χ2v) is 7.79. The normalized spacial score (nSPS) is 12.2. The van der Waals surface area contributed by atoms with Gasteiger partial charge in [-0.25, -0.2) is 10.4 Å². The third-order valence-corrected chi connectivity index (χ3v) is 5.61. The molecule has 1 amide bonds. The molecule has 5 nitrogen and oxygen atoms in total. The Labute approximate surface area is 173 Å². The number of hydrogen-bond acceptors (Lipinski definition) is 5. The third-order valence-electron chi connectivity index (χ3n) is 4.10. The molecule has 0 aliphatic heterocycles. The maximum Gasteiger partial charge on any atom is 0.252 e. The van der Waals surface area contributed by atoms with E-state index in [0.717, 1.165) is 16.7 Å². The van der Waals surface area contributed by atoms with Gasteiger partial charge in [0.1, 0.15) is 10.9 Å². The van der Waals surface area contributed by atoms with Crippen LogP contribution in [0.25, 0.3) is 10.9 Å². The lowest BCUT2D eigenvalue weighted by Gasteiger charge is -2.09. The minimum atomic E-state index is -0.227. The number of nitrogens with one attached hydrogen (secondary N) is 1. The number of methoxy groups -OCH3 is 1. The number of nitrogens with zero attached hydrogens (tertiary/aromatic N) is 2. The third kappa shape index (κ3) is 5.24. The Morgan fingerprint density at radius 2 is 2.07 bits per heavy atom. The molecular weight excluding hydrogens is 394 g/mol. The number of benzene rings is 2. The first-order chi connectivity index (χ1) is 13.6. The van der Waals surface area contributed by atoms with Crippen molar-refractivity contribution in [2.75, 3.05) is 7.11 Å². The van der Waals surface area contributed by atoms with Crippen molar-refractivity contribution in [2.24, 2.45) is 5.10 Å². The summed E-state index contributed by atoms with van der Waals surface area (Å²) in [6.45, 7) is 1.86. The van der Waals surface area contributed by atoms with Crippen LogP contribution >= 0.6 is 23.4 Å². The van der Waals surface area contributed by atoms with E-state index in [-0.39, 0.29) is 11.2 Å². The molecule has 1 atom stereocenters. The van der Waals surface area contributed by atoms with Gasteiger partial charge in [0.15, 0.2) is 0 Å². The molecule has 2 aromatic carbocycles. The lowest BCUT2D eigenvalue weighted by Crippen LogP contribution is -2.27. The van der Waals surface area contributed by atoms with E-state index in [9.17, 15) is 4.79 Å². The number of hydrogen-bond donors (Lipinski definition) is 1. The number of amides is 1. The molecule has 0 radical (unpaired) electrons. The van der Waals surface area contributed by atoms with Gasteiger partial charge in [-0.3, -0.25) is 4.79 Å². The zero-order valence-electron chi connectivity index (χ0n) is 15.6. The number of pyridine rings is 1. The summed E-state index contributed by atoms with van der Waals surface area (Å²) < 4.78 is 5.20. The van der Waals surface area contributed by atoms with Crippen LogP contribution in [0.3, 0.4) is 0 Å². The Morgan fingerprint density at radius 1 is 1.29 bits per heavy atom. The lowest BCUT2D eigenvalue weighted by molar-refractivity contribution is -0.120. The summed E-state index contributed by atoms with van der Waals surface area (Å²) >= 11 is 7.79. The number of halogens is 1. The number of thioether (sulfide) groups is 1. The van der Waals surface area contributed by atoms with Crippen LogP contribution in [0.15, 0.2) is 59.7 Å². The molecule has 3 rings (SSSR count). The Morgan fingerprint density at radius 3 is 2.82 bits per heavy atom. The largest absolute Gasteiger partial charge is 0.497 e. The van der Waals surface area contributed by atoms with Gasteiger partial charge in [0.2, 0.25) is 0 Å². The highest BCUT2D eigenvalue weighted by atomic mass is 35.5. The van der Waals surface area contributed by atoms with E-state index in [1.807, 2.05) is 61.5 Å². The molecule has 0 aliphatic rings. The highest BCUT2D eigenvalue weighted by Crippen LogP contribution is 2.23. The standard InChI is InChI=1S/C21H20ClN3O2S/c1-14(28-13-15-6-4-3-5-7-15)21(26)25-23-12-17-10-16-8-9-18(27-2)11-19(16)24-20(17)22/h3-12,14H,13H2,1-2H3,(H,25,26)/b23-12-/t14-/m1/s1. The Kier molecular flexibility index (Phi) is 6.90. The molecule has 0 spiro atoms. The molecular formula is C21H20ClN3O2S. The quantitative estimate of drug-likeness (QED) is 0.347. The summed E-state index contributed by atoms with van der Waals surface area (Å²) in [6.07, 6.45) is 1.51. The van der Waals surface area contributed by atoms with E-state index in [4.69, 9.17) is 16.3 Å². The molecule has 28 heavy (non-hydrogen) atoms. The zero-order valence-corrected chi connectivity index (χ0v) is 17.1. The maximum atomic E-state index is 12.2. The van der Waals surface area contributed by atoms with E-state index in [1.54, 1.807) is 18.9 Å². The first kappa shape index (κ1) is 20.2.